The standard InChI is InChI=1S/C53H43N/c1-5-17-45-39(6-2)40-20-11-14-24-46(40)53(45)47-25-15-12-22-43(47)51-48(53)26-16-27-50(51)54(37-30-28-36(29-31-37)35-18-8-7-9-19-35)38-32-33-42-41-21-10-13-23-44(41)52(3,4)49(42)34-38/h5-12,14-22,24-34H,2,13,23H2,1,3-4H3/b17-5-. The molecule has 1 unspecified atom stereocenters. The summed E-state index contributed by atoms with van der Waals surface area (Å²) in [4.78, 5) is 2.52. The smallest absolute Gasteiger partial charge is 0.0726 e. The van der Waals surface area contributed by atoms with E-state index >= 15 is 0 Å². The molecule has 0 fully saturated rings. The summed E-state index contributed by atoms with van der Waals surface area (Å²) in [6, 6.07) is 52.1. The zero-order valence-electron chi connectivity index (χ0n) is 31.2. The van der Waals surface area contributed by atoms with E-state index in [1.54, 1.807) is 5.57 Å². The minimum absolute atomic E-state index is 0.0373. The van der Waals surface area contributed by atoms with E-state index in [1.807, 2.05) is 0 Å². The lowest BCUT2D eigenvalue weighted by Crippen LogP contribution is -2.27. The van der Waals surface area contributed by atoms with Crippen molar-refractivity contribution in [2.75, 3.05) is 4.90 Å². The van der Waals surface area contributed by atoms with Crippen LogP contribution in [-0.2, 0) is 10.8 Å². The third-order valence-corrected chi connectivity index (χ3v) is 12.5. The monoisotopic (exact) mass is 693 g/mol. The molecule has 6 aromatic carbocycles. The lowest BCUT2D eigenvalue weighted by molar-refractivity contribution is 0.607. The largest absolute Gasteiger partial charge is 0.310 e. The van der Waals surface area contributed by atoms with Crippen molar-refractivity contribution >= 4 is 28.2 Å². The Morgan fingerprint density at radius 1 is 0.630 bits per heavy atom. The molecular formula is C53H43N. The lowest BCUT2D eigenvalue weighted by atomic mass is 9.69. The van der Waals surface area contributed by atoms with Crippen molar-refractivity contribution in [3.8, 4) is 22.3 Å². The molecule has 0 amide bonds. The molecule has 6 aromatic rings. The molecule has 0 aliphatic heterocycles. The molecule has 0 N–H and O–H groups in total. The van der Waals surface area contributed by atoms with Gasteiger partial charge in [-0.1, -0.05) is 166 Å². The van der Waals surface area contributed by atoms with Gasteiger partial charge in [0.15, 0.2) is 0 Å². The van der Waals surface area contributed by atoms with Crippen LogP contribution in [0.5, 0.6) is 0 Å². The first kappa shape index (κ1) is 32.5. The highest BCUT2D eigenvalue weighted by Gasteiger charge is 2.52. The molecule has 1 heteroatoms. The van der Waals surface area contributed by atoms with Crippen LogP contribution >= 0.6 is 0 Å². The molecule has 4 aliphatic rings. The normalized spacial score (nSPS) is 18.5. The summed E-state index contributed by atoms with van der Waals surface area (Å²) < 4.78 is 0. The Labute approximate surface area is 319 Å². The van der Waals surface area contributed by atoms with Gasteiger partial charge in [-0.05, 0) is 117 Å². The van der Waals surface area contributed by atoms with Crippen LogP contribution in [0.1, 0.15) is 67.0 Å². The third kappa shape index (κ3) is 4.39. The van der Waals surface area contributed by atoms with Gasteiger partial charge in [0.05, 0.1) is 11.1 Å². The molecule has 10 rings (SSSR count). The Balaban J connectivity index is 1.25. The molecule has 1 spiro atoms. The van der Waals surface area contributed by atoms with Crippen LogP contribution in [0.3, 0.4) is 0 Å². The van der Waals surface area contributed by atoms with Crippen molar-refractivity contribution < 1.29 is 0 Å². The fourth-order valence-electron chi connectivity index (χ4n) is 10.2. The highest BCUT2D eigenvalue weighted by atomic mass is 15.1. The summed E-state index contributed by atoms with van der Waals surface area (Å²) in [5, 5.41) is 0. The Morgan fingerprint density at radius 2 is 1.30 bits per heavy atom. The quantitative estimate of drug-likeness (QED) is 0.168. The van der Waals surface area contributed by atoms with Gasteiger partial charge in [0.2, 0.25) is 0 Å². The number of rotatable bonds is 6. The summed E-state index contributed by atoms with van der Waals surface area (Å²) >= 11 is 0. The Bertz CT molecular complexity index is 2640. The summed E-state index contributed by atoms with van der Waals surface area (Å²) in [6.45, 7) is 11.3. The first-order valence-electron chi connectivity index (χ1n) is 19.3. The minimum atomic E-state index is -0.466. The maximum atomic E-state index is 4.35. The van der Waals surface area contributed by atoms with E-state index < -0.39 is 5.41 Å². The van der Waals surface area contributed by atoms with Crippen LogP contribution in [0, 0.1) is 0 Å². The Morgan fingerprint density at radius 3 is 2.06 bits per heavy atom. The van der Waals surface area contributed by atoms with E-state index in [1.165, 1.54) is 83.7 Å². The zero-order valence-corrected chi connectivity index (χ0v) is 31.2. The van der Waals surface area contributed by atoms with Gasteiger partial charge in [0.1, 0.15) is 0 Å². The second-order valence-corrected chi connectivity index (χ2v) is 15.5. The number of nitrogens with zero attached hydrogens (tertiary/aromatic N) is 1. The van der Waals surface area contributed by atoms with Crippen LogP contribution in [-0.4, -0.2) is 0 Å². The van der Waals surface area contributed by atoms with Crippen molar-refractivity contribution in [1.82, 2.24) is 0 Å². The van der Waals surface area contributed by atoms with Crippen molar-refractivity contribution in [3.05, 3.63) is 221 Å². The van der Waals surface area contributed by atoms with Crippen LogP contribution in [0.4, 0.5) is 17.1 Å². The topological polar surface area (TPSA) is 3.24 Å². The molecule has 54 heavy (non-hydrogen) atoms. The molecule has 1 atom stereocenters. The summed E-state index contributed by atoms with van der Waals surface area (Å²) in [5.74, 6) is 0. The highest BCUT2D eigenvalue weighted by molar-refractivity contribution is 6.02. The van der Waals surface area contributed by atoms with Gasteiger partial charge in [-0.2, -0.15) is 0 Å². The first-order valence-corrected chi connectivity index (χ1v) is 19.3. The van der Waals surface area contributed by atoms with E-state index in [-0.39, 0.29) is 5.41 Å². The lowest BCUT2D eigenvalue weighted by Gasteiger charge is -2.33. The minimum Gasteiger partial charge on any atom is -0.310 e. The molecule has 0 heterocycles. The van der Waals surface area contributed by atoms with Crippen LogP contribution < -0.4 is 4.90 Å². The fraction of sp³-hybridized carbons (Fsp3) is 0.132. The van der Waals surface area contributed by atoms with Crippen LogP contribution in [0.2, 0.25) is 0 Å². The number of benzene rings is 6. The second-order valence-electron chi connectivity index (χ2n) is 15.5. The summed E-state index contributed by atoms with van der Waals surface area (Å²) in [6.07, 6.45) is 13.5. The molecule has 1 nitrogen and oxygen atoms in total. The van der Waals surface area contributed by atoms with Gasteiger partial charge < -0.3 is 4.90 Å². The SMILES string of the molecule is C=CC1=C(/C=C\C)C2(c3ccccc31)c1ccccc1-c1c(N(c3ccc(-c4ccccc4)cc3)c3ccc4c(c3)C(C)(C)C3=C4C=CCC3)cccc12. The average Bonchev–Trinajstić information content (AvgIpc) is 3.77. The van der Waals surface area contributed by atoms with Gasteiger partial charge in [-0.25, -0.2) is 0 Å². The molecule has 260 valence electrons. The average molecular weight is 694 g/mol. The van der Waals surface area contributed by atoms with Crippen LogP contribution in [0.15, 0.2) is 188 Å². The molecule has 0 saturated carbocycles. The van der Waals surface area contributed by atoms with E-state index in [4.69, 9.17) is 0 Å². The van der Waals surface area contributed by atoms with E-state index in [9.17, 15) is 0 Å². The maximum Gasteiger partial charge on any atom is 0.0726 e. The van der Waals surface area contributed by atoms with Gasteiger partial charge >= 0.3 is 0 Å². The number of anilines is 3. The number of allylic oxidation sites excluding steroid dienone is 9. The number of hydrogen-bond acceptors (Lipinski definition) is 1. The second kappa shape index (κ2) is 12.2. The van der Waals surface area contributed by atoms with E-state index in [0.29, 0.717) is 0 Å². The molecule has 4 aliphatic carbocycles. The summed E-state index contributed by atoms with van der Waals surface area (Å²) in [5.41, 5.74) is 21.4. The van der Waals surface area contributed by atoms with Gasteiger partial charge in [-0.3, -0.25) is 0 Å². The van der Waals surface area contributed by atoms with Crippen molar-refractivity contribution in [1.29, 1.82) is 0 Å². The van der Waals surface area contributed by atoms with Crippen LogP contribution in [0.25, 0.3) is 33.4 Å². The van der Waals surface area contributed by atoms with Crippen molar-refractivity contribution in [3.63, 3.8) is 0 Å². The van der Waals surface area contributed by atoms with E-state index in [2.05, 4.69) is 202 Å². The predicted molar refractivity (Wildman–Crippen MR) is 229 cm³/mol. The van der Waals surface area contributed by atoms with Crippen molar-refractivity contribution in [2.24, 2.45) is 0 Å². The van der Waals surface area contributed by atoms with E-state index in [0.717, 1.165) is 18.5 Å². The number of hydrogen-bond donors (Lipinski definition) is 0. The molecule has 0 aromatic heterocycles. The van der Waals surface area contributed by atoms with Crippen molar-refractivity contribution in [2.45, 2.75) is 44.4 Å². The highest BCUT2D eigenvalue weighted by Crippen LogP contribution is 2.64. The maximum absolute atomic E-state index is 4.35. The fourth-order valence-corrected chi connectivity index (χ4v) is 10.2. The molecule has 0 bridgehead atoms. The molecular weight excluding hydrogens is 651 g/mol. The Kier molecular flexibility index (Phi) is 7.33. The Hall–Kier alpha value is -6.18. The third-order valence-electron chi connectivity index (χ3n) is 12.5. The summed E-state index contributed by atoms with van der Waals surface area (Å²) in [7, 11) is 0. The van der Waals surface area contributed by atoms with Gasteiger partial charge in [0.25, 0.3) is 0 Å². The number of fused-ring (bicyclic) bond motifs is 9. The molecule has 0 saturated heterocycles. The zero-order chi connectivity index (χ0) is 36.6. The predicted octanol–water partition coefficient (Wildman–Crippen LogP) is 14.1. The van der Waals surface area contributed by atoms with Gasteiger partial charge in [0, 0.05) is 22.4 Å². The first-order chi connectivity index (χ1) is 26.5. The molecule has 0 radical (unpaired) electrons. The van der Waals surface area contributed by atoms with Gasteiger partial charge in [-0.15, -0.1) is 0 Å².